The Bertz CT molecular complexity index is 1250. The maximum absolute atomic E-state index is 11.8. The van der Waals surface area contributed by atoms with Crippen LogP contribution in [0.2, 0.25) is 0 Å². The first-order chi connectivity index (χ1) is 15.2. The third kappa shape index (κ3) is 3.70. The first kappa shape index (κ1) is 19.1. The highest BCUT2D eigenvalue weighted by atomic mass is 16.3. The van der Waals surface area contributed by atoms with Gasteiger partial charge in [-0.1, -0.05) is 42.5 Å². The number of furan rings is 1. The van der Waals surface area contributed by atoms with E-state index in [1.807, 2.05) is 24.3 Å². The van der Waals surface area contributed by atoms with Gasteiger partial charge in [-0.3, -0.25) is 4.79 Å². The molecule has 1 amide bonds. The van der Waals surface area contributed by atoms with Crippen molar-refractivity contribution in [3.8, 4) is 11.6 Å². The van der Waals surface area contributed by atoms with Crippen LogP contribution in [0.15, 0.2) is 59.2 Å². The van der Waals surface area contributed by atoms with Gasteiger partial charge in [0.15, 0.2) is 17.4 Å². The summed E-state index contributed by atoms with van der Waals surface area (Å²) < 4.78 is 5.85. The van der Waals surface area contributed by atoms with Gasteiger partial charge in [0.1, 0.15) is 6.26 Å². The molecule has 1 aliphatic rings. The summed E-state index contributed by atoms with van der Waals surface area (Å²) in [6, 6.07) is 15.6. The van der Waals surface area contributed by atoms with Crippen LogP contribution in [0, 0.1) is 0 Å². The van der Waals surface area contributed by atoms with Crippen molar-refractivity contribution in [2.75, 3.05) is 17.2 Å². The molecule has 7 heteroatoms. The number of fused-ring (bicyclic) bond motifs is 2. The lowest BCUT2D eigenvalue weighted by molar-refractivity contribution is 0.100. The van der Waals surface area contributed by atoms with Gasteiger partial charge in [-0.2, -0.15) is 0 Å². The van der Waals surface area contributed by atoms with Crippen molar-refractivity contribution < 1.29 is 9.21 Å². The van der Waals surface area contributed by atoms with Crippen LogP contribution >= 0.6 is 0 Å². The Balaban J connectivity index is 1.59. The van der Waals surface area contributed by atoms with Gasteiger partial charge < -0.3 is 20.8 Å². The van der Waals surface area contributed by atoms with Crippen LogP contribution in [0.5, 0.6) is 0 Å². The molecule has 2 aromatic heterocycles. The van der Waals surface area contributed by atoms with Crippen molar-refractivity contribution in [1.29, 1.82) is 0 Å². The fourth-order valence-electron chi connectivity index (χ4n) is 3.98. The smallest absolute Gasteiger partial charge is 0.249 e. The summed E-state index contributed by atoms with van der Waals surface area (Å²) in [5.74, 6) is 1.29. The molecule has 0 saturated carbocycles. The standard InChI is InChI=1S/C24H23N5O2/c25-22(30)17-10-6-9-16-18(17)14-31-21(16)24-28-19-11-4-5-12-26-20(19)23(29-24)27-13-15-7-2-1-3-8-15/h1-3,6-10,14,26H,4-5,11-13H2,(H2,25,30)(H,27,28,29). The number of hydrogen-bond acceptors (Lipinski definition) is 6. The Morgan fingerprint density at radius 3 is 2.77 bits per heavy atom. The van der Waals surface area contributed by atoms with E-state index in [0.29, 0.717) is 29.1 Å². The lowest BCUT2D eigenvalue weighted by Gasteiger charge is -2.15. The molecule has 156 valence electrons. The quantitative estimate of drug-likeness (QED) is 0.449. The Kier molecular flexibility index (Phi) is 5.00. The summed E-state index contributed by atoms with van der Waals surface area (Å²) in [4.78, 5) is 21.4. The van der Waals surface area contributed by atoms with E-state index in [-0.39, 0.29) is 0 Å². The molecule has 7 nitrogen and oxygen atoms in total. The maximum atomic E-state index is 11.8. The maximum Gasteiger partial charge on any atom is 0.249 e. The third-order valence-corrected chi connectivity index (χ3v) is 5.54. The molecule has 0 aliphatic carbocycles. The fraction of sp³-hybridized carbons (Fsp3) is 0.208. The number of anilines is 2. The summed E-state index contributed by atoms with van der Waals surface area (Å²) in [5.41, 5.74) is 9.03. The average molecular weight is 413 g/mol. The molecule has 0 atom stereocenters. The van der Waals surface area contributed by atoms with E-state index in [4.69, 9.17) is 20.1 Å². The second-order valence-corrected chi connectivity index (χ2v) is 7.64. The van der Waals surface area contributed by atoms with Gasteiger partial charge in [-0.15, -0.1) is 0 Å². The largest absolute Gasteiger partial charge is 0.460 e. The minimum Gasteiger partial charge on any atom is -0.460 e. The lowest BCUT2D eigenvalue weighted by atomic mass is 10.1. The zero-order chi connectivity index (χ0) is 21.2. The fourth-order valence-corrected chi connectivity index (χ4v) is 3.98. The molecular formula is C24H23N5O2. The van der Waals surface area contributed by atoms with Crippen molar-refractivity contribution in [3.63, 3.8) is 0 Å². The van der Waals surface area contributed by atoms with Gasteiger partial charge in [0.25, 0.3) is 0 Å². The lowest BCUT2D eigenvalue weighted by Crippen LogP contribution is -2.11. The molecule has 4 aromatic rings. The summed E-state index contributed by atoms with van der Waals surface area (Å²) in [7, 11) is 0. The van der Waals surface area contributed by atoms with E-state index < -0.39 is 5.91 Å². The van der Waals surface area contributed by atoms with Gasteiger partial charge in [-0.05, 0) is 30.9 Å². The van der Waals surface area contributed by atoms with Gasteiger partial charge in [0.05, 0.1) is 16.9 Å². The number of nitrogens with two attached hydrogens (primary N) is 1. The zero-order valence-electron chi connectivity index (χ0n) is 17.0. The van der Waals surface area contributed by atoms with Gasteiger partial charge in [0.2, 0.25) is 5.91 Å². The molecule has 0 saturated heterocycles. The molecular weight excluding hydrogens is 390 g/mol. The number of nitrogens with one attached hydrogen (secondary N) is 2. The van der Waals surface area contributed by atoms with E-state index in [9.17, 15) is 4.79 Å². The monoisotopic (exact) mass is 413 g/mol. The minimum atomic E-state index is -0.491. The number of aryl methyl sites for hydroxylation is 1. The third-order valence-electron chi connectivity index (χ3n) is 5.54. The van der Waals surface area contributed by atoms with E-state index in [1.165, 1.54) is 5.56 Å². The molecule has 31 heavy (non-hydrogen) atoms. The molecule has 0 radical (unpaired) electrons. The summed E-state index contributed by atoms with van der Waals surface area (Å²) in [5, 5.41) is 8.39. The van der Waals surface area contributed by atoms with Gasteiger partial charge in [0, 0.05) is 23.9 Å². The van der Waals surface area contributed by atoms with Gasteiger partial charge >= 0.3 is 0 Å². The van der Waals surface area contributed by atoms with Crippen LogP contribution in [0.1, 0.15) is 34.5 Å². The number of aromatic nitrogens is 2. The second kappa shape index (κ2) is 8.10. The number of benzene rings is 2. The second-order valence-electron chi connectivity index (χ2n) is 7.64. The molecule has 0 fully saturated rings. The Morgan fingerprint density at radius 2 is 1.94 bits per heavy atom. The summed E-state index contributed by atoms with van der Waals surface area (Å²) in [6.45, 7) is 1.54. The Labute approximate surface area is 179 Å². The van der Waals surface area contributed by atoms with Crippen molar-refractivity contribution in [2.24, 2.45) is 5.73 Å². The van der Waals surface area contributed by atoms with Crippen LogP contribution in [0.25, 0.3) is 22.4 Å². The molecule has 0 spiro atoms. The van der Waals surface area contributed by atoms with E-state index >= 15 is 0 Å². The van der Waals surface area contributed by atoms with Crippen LogP contribution in [-0.2, 0) is 13.0 Å². The van der Waals surface area contributed by atoms with Crippen molar-refractivity contribution >= 4 is 28.2 Å². The van der Waals surface area contributed by atoms with E-state index in [2.05, 4.69) is 22.8 Å². The number of hydrogen-bond donors (Lipinski definition) is 3. The first-order valence-corrected chi connectivity index (χ1v) is 10.4. The molecule has 3 heterocycles. The van der Waals surface area contributed by atoms with Gasteiger partial charge in [-0.25, -0.2) is 9.97 Å². The summed E-state index contributed by atoms with van der Waals surface area (Å²) >= 11 is 0. The van der Waals surface area contributed by atoms with Crippen molar-refractivity contribution in [2.45, 2.75) is 25.8 Å². The zero-order valence-corrected chi connectivity index (χ0v) is 17.0. The number of rotatable bonds is 5. The number of carbonyl (C=O) groups excluding carboxylic acids is 1. The summed E-state index contributed by atoms with van der Waals surface area (Å²) in [6.07, 6.45) is 4.55. The van der Waals surface area contributed by atoms with Crippen molar-refractivity contribution in [1.82, 2.24) is 9.97 Å². The van der Waals surface area contributed by atoms with Crippen molar-refractivity contribution in [3.05, 3.63) is 71.6 Å². The molecule has 0 bridgehead atoms. The number of nitrogens with zero attached hydrogens (tertiary/aromatic N) is 2. The number of primary amides is 1. The molecule has 5 rings (SSSR count). The van der Waals surface area contributed by atoms with Crippen LogP contribution in [-0.4, -0.2) is 22.4 Å². The number of carbonyl (C=O) groups is 1. The SMILES string of the molecule is NC(=O)c1cccc2c(-c3nc4c(c(NCc5ccccc5)n3)NCCCC4)occ12. The highest BCUT2D eigenvalue weighted by Crippen LogP contribution is 2.35. The van der Waals surface area contributed by atoms with E-state index in [1.54, 1.807) is 18.4 Å². The minimum absolute atomic E-state index is 0.423. The molecule has 0 unspecified atom stereocenters. The highest BCUT2D eigenvalue weighted by molar-refractivity contribution is 6.08. The van der Waals surface area contributed by atoms with Crippen LogP contribution in [0.4, 0.5) is 11.5 Å². The average Bonchev–Trinajstić information content (AvgIpc) is 3.08. The predicted molar refractivity (Wildman–Crippen MR) is 121 cm³/mol. The predicted octanol–water partition coefficient (Wildman–Crippen LogP) is 4.35. The van der Waals surface area contributed by atoms with Crippen LogP contribution in [0.3, 0.4) is 0 Å². The van der Waals surface area contributed by atoms with E-state index in [0.717, 1.165) is 48.4 Å². The molecule has 2 aromatic carbocycles. The Morgan fingerprint density at radius 1 is 1.06 bits per heavy atom. The topological polar surface area (TPSA) is 106 Å². The number of amides is 1. The normalized spacial score (nSPS) is 13.3. The van der Waals surface area contributed by atoms with Crippen LogP contribution < -0.4 is 16.4 Å². The Hall–Kier alpha value is -3.87. The molecule has 1 aliphatic heterocycles. The molecule has 4 N–H and O–H groups in total. The first-order valence-electron chi connectivity index (χ1n) is 10.4. The highest BCUT2D eigenvalue weighted by Gasteiger charge is 2.21.